The van der Waals surface area contributed by atoms with Gasteiger partial charge in [0.25, 0.3) is 0 Å². The van der Waals surface area contributed by atoms with E-state index in [1.54, 1.807) is 0 Å². The van der Waals surface area contributed by atoms with Gasteiger partial charge < -0.3 is 10.1 Å². The van der Waals surface area contributed by atoms with Crippen molar-refractivity contribution in [3.8, 4) is 0 Å². The van der Waals surface area contributed by atoms with Crippen molar-refractivity contribution >= 4 is 0 Å². The molecule has 4 nitrogen and oxygen atoms in total. The molecule has 4 heteroatoms. The summed E-state index contributed by atoms with van der Waals surface area (Å²) in [7, 11) is 0. The van der Waals surface area contributed by atoms with Crippen molar-refractivity contribution in [2.24, 2.45) is 5.92 Å². The quantitative estimate of drug-likeness (QED) is 0.834. The molecule has 1 aromatic rings. The zero-order chi connectivity index (χ0) is 14.5. The van der Waals surface area contributed by atoms with Crippen molar-refractivity contribution in [2.75, 3.05) is 13.2 Å². The molecular formula is C16H29N3O. The third kappa shape index (κ3) is 4.06. The minimum absolute atomic E-state index is 0.402. The molecule has 2 heterocycles. The van der Waals surface area contributed by atoms with Gasteiger partial charge in [-0.15, -0.1) is 0 Å². The Morgan fingerprint density at radius 2 is 2.30 bits per heavy atom. The first kappa shape index (κ1) is 15.5. The van der Waals surface area contributed by atoms with Crippen LogP contribution in [0.4, 0.5) is 0 Å². The zero-order valence-corrected chi connectivity index (χ0v) is 13.3. The first-order valence-corrected chi connectivity index (χ1v) is 7.99. The van der Waals surface area contributed by atoms with Gasteiger partial charge in [-0.05, 0) is 46.2 Å². The van der Waals surface area contributed by atoms with Crippen molar-refractivity contribution in [1.29, 1.82) is 0 Å². The maximum Gasteiger partial charge on any atom is 0.0640 e. The fourth-order valence-electron chi connectivity index (χ4n) is 2.87. The van der Waals surface area contributed by atoms with Crippen LogP contribution in [0.25, 0.3) is 0 Å². The Morgan fingerprint density at radius 1 is 1.50 bits per heavy atom. The van der Waals surface area contributed by atoms with Gasteiger partial charge in [-0.3, -0.25) is 4.68 Å². The molecule has 0 radical (unpaired) electrons. The van der Waals surface area contributed by atoms with Gasteiger partial charge in [0, 0.05) is 30.6 Å². The molecule has 1 aliphatic rings. The van der Waals surface area contributed by atoms with Gasteiger partial charge in [-0.1, -0.05) is 6.92 Å². The molecule has 114 valence electrons. The number of rotatable bonds is 7. The fourth-order valence-corrected chi connectivity index (χ4v) is 2.87. The summed E-state index contributed by atoms with van der Waals surface area (Å²) >= 11 is 0. The van der Waals surface area contributed by atoms with Crippen LogP contribution >= 0.6 is 0 Å². The van der Waals surface area contributed by atoms with Crippen LogP contribution in [0.3, 0.4) is 0 Å². The SMILES string of the molecule is CCCNC(Cc1ccn(C(C)C)n1)C1COC(C)C1. The predicted molar refractivity (Wildman–Crippen MR) is 81.9 cm³/mol. The van der Waals surface area contributed by atoms with Gasteiger partial charge in [-0.25, -0.2) is 0 Å². The van der Waals surface area contributed by atoms with Gasteiger partial charge in [0.1, 0.15) is 0 Å². The van der Waals surface area contributed by atoms with Crippen LogP contribution in [-0.2, 0) is 11.2 Å². The summed E-state index contributed by atoms with van der Waals surface area (Å²) in [5.74, 6) is 0.612. The van der Waals surface area contributed by atoms with Crippen LogP contribution in [0.15, 0.2) is 12.3 Å². The molecular weight excluding hydrogens is 250 g/mol. The Morgan fingerprint density at radius 3 is 2.85 bits per heavy atom. The Balaban J connectivity index is 1.98. The molecule has 3 unspecified atom stereocenters. The van der Waals surface area contributed by atoms with Crippen molar-refractivity contribution in [3.63, 3.8) is 0 Å². The lowest BCUT2D eigenvalue weighted by molar-refractivity contribution is 0.116. The molecule has 2 rings (SSSR count). The van der Waals surface area contributed by atoms with E-state index >= 15 is 0 Å². The molecule has 0 saturated carbocycles. The van der Waals surface area contributed by atoms with E-state index in [9.17, 15) is 0 Å². The molecule has 3 atom stereocenters. The van der Waals surface area contributed by atoms with Gasteiger partial charge in [0.05, 0.1) is 18.4 Å². The zero-order valence-electron chi connectivity index (χ0n) is 13.3. The molecule has 1 aliphatic heterocycles. The number of aromatic nitrogens is 2. The minimum Gasteiger partial charge on any atom is -0.378 e. The molecule has 20 heavy (non-hydrogen) atoms. The lowest BCUT2D eigenvalue weighted by atomic mass is 9.93. The highest BCUT2D eigenvalue weighted by molar-refractivity contribution is 5.03. The van der Waals surface area contributed by atoms with Crippen LogP contribution in [0.5, 0.6) is 0 Å². The smallest absolute Gasteiger partial charge is 0.0640 e. The molecule has 0 aromatic carbocycles. The summed E-state index contributed by atoms with van der Waals surface area (Å²) in [6, 6.07) is 3.07. The average molecular weight is 279 g/mol. The van der Waals surface area contributed by atoms with Gasteiger partial charge in [0.2, 0.25) is 0 Å². The topological polar surface area (TPSA) is 39.1 Å². The van der Waals surface area contributed by atoms with Gasteiger partial charge in [-0.2, -0.15) is 5.10 Å². The summed E-state index contributed by atoms with van der Waals surface area (Å²) in [6.45, 7) is 10.7. The first-order valence-electron chi connectivity index (χ1n) is 7.99. The van der Waals surface area contributed by atoms with E-state index in [0.717, 1.165) is 26.0 Å². The normalized spacial score (nSPS) is 24.4. The Bertz CT molecular complexity index is 402. The molecule has 0 spiro atoms. The Hall–Kier alpha value is -0.870. The third-order valence-corrected chi connectivity index (χ3v) is 4.08. The highest BCUT2D eigenvalue weighted by Crippen LogP contribution is 2.24. The first-order chi connectivity index (χ1) is 9.60. The number of ether oxygens (including phenoxy) is 1. The van der Waals surface area contributed by atoms with E-state index in [-0.39, 0.29) is 0 Å². The van der Waals surface area contributed by atoms with Crippen LogP contribution in [0.1, 0.15) is 52.3 Å². The van der Waals surface area contributed by atoms with Crippen molar-refractivity contribution in [2.45, 2.75) is 65.1 Å². The lowest BCUT2D eigenvalue weighted by Gasteiger charge is -2.23. The molecule has 1 aromatic heterocycles. The number of hydrogen-bond donors (Lipinski definition) is 1. The van der Waals surface area contributed by atoms with Crippen molar-refractivity contribution in [1.82, 2.24) is 15.1 Å². The minimum atomic E-state index is 0.402. The molecule has 1 saturated heterocycles. The molecule has 1 fully saturated rings. The third-order valence-electron chi connectivity index (χ3n) is 4.08. The average Bonchev–Trinajstić information content (AvgIpc) is 3.03. The van der Waals surface area contributed by atoms with Crippen LogP contribution < -0.4 is 5.32 Å². The van der Waals surface area contributed by atoms with E-state index < -0.39 is 0 Å². The van der Waals surface area contributed by atoms with E-state index in [0.29, 0.717) is 24.1 Å². The lowest BCUT2D eigenvalue weighted by Crippen LogP contribution is -2.39. The van der Waals surface area contributed by atoms with Crippen molar-refractivity contribution < 1.29 is 4.74 Å². The second kappa shape index (κ2) is 7.23. The van der Waals surface area contributed by atoms with Crippen LogP contribution in [0.2, 0.25) is 0 Å². The summed E-state index contributed by atoms with van der Waals surface area (Å²) < 4.78 is 7.78. The monoisotopic (exact) mass is 279 g/mol. The second-order valence-electron chi connectivity index (χ2n) is 6.29. The van der Waals surface area contributed by atoms with Crippen LogP contribution in [-0.4, -0.2) is 35.1 Å². The fraction of sp³-hybridized carbons (Fsp3) is 0.812. The highest BCUT2D eigenvalue weighted by atomic mass is 16.5. The van der Waals surface area contributed by atoms with Crippen molar-refractivity contribution in [3.05, 3.63) is 18.0 Å². The van der Waals surface area contributed by atoms with Crippen LogP contribution in [0, 0.1) is 5.92 Å². The summed E-state index contributed by atoms with van der Waals surface area (Å²) in [5.41, 5.74) is 1.19. The molecule has 1 N–H and O–H groups in total. The number of nitrogens with one attached hydrogen (secondary N) is 1. The maximum atomic E-state index is 5.74. The summed E-state index contributed by atoms with van der Waals surface area (Å²) in [6.07, 6.45) is 5.82. The van der Waals surface area contributed by atoms with E-state index in [4.69, 9.17) is 4.74 Å². The molecule has 0 bridgehead atoms. The van der Waals surface area contributed by atoms with E-state index in [1.165, 1.54) is 12.1 Å². The van der Waals surface area contributed by atoms with E-state index in [1.807, 2.05) is 4.68 Å². The number of nitrogens with zero attached hydrogens (tertiary/aromatic N) is 2. The maximum absolute atomic E-state index is 5.74. The summed E-state index contributed by atoms with van der Waals surface area (Å²) in [5, 5.41) is 8.37. The Labute approximate surface area is 122 Å². The summed E-state index contributed by atoms with van der Waals surface area (Å²) in [4.78, 5) is 0. The Kier molecular flexibility index (Phi) is 5.61. The largest absolute Gasteiger partial charge is 0.378 e. The van der Waals surface area contributed by atoms with Gasteiger partial charge in [0.15, 0.2) is 0 Å². The predicted octanol–water partition coefficient (Wildman–Crippen LogP) is 2.80. The molecule has 0 amide bonds. The second-order valence-corrected chi connectivity index (χ2v) is 6.29. The molecule has 0 aliphatic carbocycles. The van der Waals surface area contributed by atoms with E-state index in [2.05, 4.69) is 50.4 Å². The number of hydrogen-bond acceptors (Lipinski definition) is 3. The van der Waals surface area contributed by atoms with Gasteiger partial charge >= 0.3 is 0 Å². The standard InChI is InChI=1S/C16H29N3O/c1-5-7-17-16(14-9-13(4)20-11-14)10-15-6-8-19(18-15)12(2)3/h6,8,12-14,16-17H,5,7,9-11H2,1-4H3. The highest BCUT2D eigenvalue weighted by Gasteiger charge is 2.29.